The van der Waals surface area contributed by atoms with Crippen LogP contribution in [-0.4, -0.2) is 25.3 Å². The molecule has 0 saturated heterocycles. The zero-order valence-corrected chi connectivity index (χ0v) is 10.8. The molecule has 0 radical (unpaired) electrons. The van der Waals surface area contributed by atoms with Gasteiger partial charge in [0.1, 0.15) is 5.75 Å². The number of hydrogen-bond acceptors (Lipinski definition) is 5. The van der Waals surface area contributed by atoms with Crippen molar-refractivity contribution in [2.24, 2.45) is 7.05 Å². The van der Waals surface area contributed by atoms with E-state index in [1.807, 2.05) is 18.2 Å². The maximum atomic E-state index is 9.89. The minimum absolute atomic E-state index is 0.301. The fourth-order valence-corrected chi connectivity index (χ4v) is 2.38. The van der Waals surface area contributed by atoms with Crippen LogP contribution >= 0.6 is 0 Å². The predicted octanol–water partition coefficient (Wildman–Crippen LogP) is 1.16. The fourth-order valence-electron chi connectivity index (χ4n) is 2.38. The summed E-state index contributed by atoms with van der Waals surface area (Å²) in [4.78, 5) is 1.40. The summed E-state index contributed by atoms with van der Waals surface area (Å²) in [6, 6.07) is 5.82. The van der Waals surface area contributed by atoms with Crippen LogP contribution in [0.3, 0.4) is 0 Å². The summed E-state index contributed by atoms with van der Waals surface area (Å²) in [5.41, 5.74) is 2.19. The van der Waals surface area contributed by atoms with E-state index in [1.54, 1.807) is 7.05 Å². The van der Waals surface area contributed by atoms with Crippen LogP contribution < -0.4 is 4.74 Å². The van der Waals surface area contributed by atoms with Gasteiger partial charge in [-0.05, 0) is 47.7 Å². The first-order chi connectivity index (χ1) is 9.22. The predicted molar refractivity (Wildman–Crippen MR) is 67.5 cm³/mol. The van der Waals surface area contributed by atoms with Crippen molar-refractivity contribution >= 4 is 0 Å². The van der Waals surface area contributed by atoms with Gasteiger partial charge in [0.2, 0.25) is 5.82 Å². The summed E-state index contributed by atoms with van der Waals surface area (Å²) in [6.45, 7) is 0.301. The van der Waals surface area contributed by atoms with Crippen molar-refractivity contribution in [3.8, 4) is 5.75 Å². The Bertz CT molecular complexity index is 582. The highest BCUT2D eigenvalue weighted by Gasteiger charge is 2.18. The highest BCUT2D eigenvalue weighted by molar-refractivity contribution is 5.38. The molecule has 0 fully saturated rings. The molecule has 1 aromatic heterocycles. The fraction of sp³-hybridized carbons (Fsp3) is 0.462. The molecule has 6 nitrogen and oxygen atoms in total. The summed E-state index contributed by atoms with van der Waals surface area (Å²) in [7, 11) is 1.72. The normalized spacial score (nSPS) is 18.1. The summed E-state index contributed by atoms with van der Waals surface area (Å²) in [6.07, 6.45) is 2.52. The maximum Gasteiger partial charge on any atom is 0.212 e. The number of ether oxygens (including phenoxy) is 1. The lowest BCUT2D eigenvalue weighted by Gasteiger charge is -2.21. The number of tetrazole rings is 1. The van der Waals surface area contributed by atoms with Crippen LogP contribution in [0.15, 0.2) is 18.2 Å². The van der Waals surface area contributed by atoms with E-state index in [2.05, 4.69) is 15.4 Å². The Labute approximate surface area is 111 Å². The number of rotatable bonds is 3. The van der Waals surface area contributed by atoms with E-state index in [0.29, 0.717) is 12.4 Å². The van der Waals surface area contributed by atoms with Crippen molar-refractivity contribution in [3.63, 3.8) is 0 Å². The quantitative estimate of drug-likeness (QED) is 0.896. The van der Waals surface area contributed by atoms with Gasteiger partial charge in [0.05, 0.1) is 13.2 Å². The third kappa shape index (κ3) is 2.58. The lowest BCUT2D eigenvalue weighted by Crippen LogP contribution is -2.09. The third-order valence-electron chi connectivity index (χ3n) is 3.31. The van der Waals surface area contributed by atoms with Gasteiger partial charge < -0.3 is 9.84 Å². The molecule has 1 N–H and O–H groups in total. The molecule has 1 aromatic carbocycles. The molecular formula is C13H16N4O2. The molecule has 1 atom stereocenters. The van der Waals surface area contributed by atoms with Gasteiger partial charge in [-0.3, -0.25) is 0 Å². The highest BCUT2D eigenvalue weighted by atomic mass is 16.5. The third-order valence-corrected chi connectivity index (χ3v) is 3.31. The molecule has 0 amide bonds. The molecule has 6 heteroatoms. The highest BCUT2D eigenvalue weighted by Crippen LogP contribution is 2.31. The average Bonchev–Trinajstić information content (AvgIpc) is 2.82. The molecule has 0 spiro atoms. The maximum absolute atomic E-state index is 9.89. The molecule has 2 aromatic rings. The lowest BCUT2D eigenvalue weighted by atomic mass is 9.89. The molecule has 1 unspecified atom stereocenters. The topological polar surface area (TPSA) is 73.1 Å². The molecule has 1 heterocycles. The van der Waals surface area contributed by atoms with Gasteiger partial charge >= 0.3 is 0 Å². The second-order valence-corrected chi connectivity index (χ2v) is 4.75. The van der Waals surface area contributed by atoms with Crippen LogP contribution in [0.1, 0.15) is 35.9 Å². The van der Waals surface area contributed by atoms with Crippen molar-refractivity contribution in [2.75, 3.05) is 0 Å². The van der Waals surface area contributed by atoms with E-state index in [1.165, 1.54) is 10.4 Å². The summed E-state index contributed by atoms with van der Waals surface area (Å²) >= 11 is 0. The Morgan fingerprint density at radius 3 is 3.16 bits per heavy atom. The number of hydrogen-bond donors (Lipinski definition) is 1. The Morgan fingerprint density at radius 2 is 2.37 bits per heavy atom. The molecule has 1 aliphatic rings. The number of aliphatic hydroxyl groups excluding tert-OH is 1. The van der Waals surface area contributed by atoms with E-state index < -0.39 is 0 Å². The molecule has 0 saturated carbocycles. The van der Waals surface area contributed by atoms with Crippen LogP contribution in [0, 0.1) is 0 Å². The van der Waals surface area contributed by atoms with Gasteiger partial charge in [0, 0.05) is 0 Å². The summed E-state index contributed by atoms with van der Waals surface area (Å²) < 4.78 is 5.65. The van der Waals surface area contributed by atoms with Crippen molar-refractivity contribution in [2.45, 2.75) is 32.0 Å². The molecule has 1 aliphatic carbocycles. The molecule has 0 bridgehead atoms. The number of aromatic nitrogens is 4. The lowest BCUT2D eigenvalue weighted by molar-refractivity contribution is 0.156. The van der Waals surface area contributed by atoms with Crippen molar-refractivity contribution in [3.05, 3.63) is 35.2 Å². The van der Waals surface area contributed by atoms with Crippen molar-refractivity contribution in [1.82, 2.24) is 20.2 Å². The van der Waals surface area contributed by atoms with Crippen molar-refractivity contribution < 1.29 is 9.84 Å². The van der Waals surface area contributed by atoms with E-state index in [9.17, 15) is 5.11 Å². The molecular weight excluding hydrogens is 244 g/mol. The van der Waals surface area contributed by atoms with E-state index in [4.69, 9.17) is 4.74 Å². The second kappa shape index (κ2) is 4.97. The number of aliphatic hydroxyl groups is 1. The first kappa shape index (κ1) is 12.1. The van der Waals surface area contributed by atoms with Crippen LogP contribution in [0.25, 0.3) is 0 Å². The molecule has 19 heavy (non-hydrogen) atoms. The van der Waals surface area contributed by atoms with E-state index >= 15 is 0 Å². The molecule has 3 rings (SSSR count). The zero-order valence-electron chi connectivity index (χ0n) is 10.8. The number of nitrogens with zero attached hydrogens (tertiary/aromatic N) is 4. The minimum Gasteiger partial charge on any atom is -0.485 e. The largest absolute Gasteiger partial charge is 0.485 e. The number of aryl methyl sites for hydroxylation is 2. The smallest absolute Gasteiger partial charge is 0.212 e. The van der Waals surface area contributed by atoms with Gasteiger partial charge in [0.25, 0.3) is 0 Å². The van der Waals surface area contributed by atoms with Crippen molar-refractivity contribution in [1.29, 1.82) is 0 Å². The second-order valence-electron chi connectivity index (χ2n) is 4.75. The van der Waals surface area contributed by atoms with Crippen LogP contribution in [0.2, 0.25) is 0 Å². The van der Waals surface area contributed by atoms with Gasteiger partial charge in [-0.2, -0.15) is 4.80 Å². The van der Waals surface area contributed by atoms with Gasteiger partial charge in [-0.25, -0.2) is 0 Å². The number of fused-ring (bicyclic) bond motifs is 1. The zero-order chi connectivity index (χ0) is 13.2. The van der Waals surface area contributed by atoms with Gasteiger partial charge in [-0.1, -0.05) is 6.07 Å². The van der Waals surface area contributed by atoms with Gasteiger partial charge in [-0.15, -0.1) is 10.2 Å². The Kier molecular flexibility index (Phi) is 3.16. The first-order valence-corrected chi connectivity index (χ1v) is 6.39. The standard InChI is InChI=1S/C13H16N4O2/c1-17-15-13(14-16-17)8-19-10-5-6-11-9(7-10)3-2-4-12(11)18/h5-7,12,18H,2-4,8H2,1H3. The van der Waals surface area contributed by atoms with Crippen LogP contribution in [0.4, 0.5) is 0 Å². The SMILES string of the molecule is Cn1nnc(COc2ccc3c(c2)CCCC3O)n1. The van der Waals surface area contributed by atoms with E-state index in [-0.39, 0.29) is 6.10 Å². The Morgan fingerprint density at radius 1 is 1.47 bits per heavy atom. The monoisotopic (exact) mass is 260 g/mol. The Hall–Kier alpha value is -1.95. The van der Waals surface area contributed by atoms with E-state index in [0.717, 1.165) is 30.6 Å². The average molecular weight is 260 g/mol. The molecule has 0 aliphatic heterocycles. The van der Waals surface area contributed by atoms with Crippen LogP contribution in [0.5, 0.6) is 5.75 Å². The first-order valence-electron chi connectivity index (χ1n) is 6.39. The summed E-state index contributed by atoms with van der Waals surface area (Å²) in [5, 5.41) is 21.6. The summed E-state index contributed by atoms with van der Waals surface area (Å²) in [5.74, 6) is 1.33. The minimum atomic E-state index is -0.334. The molecule has 100 valence electrons. The number of benzene rings is 1. The Balaban J connectivity index is 1.72. The van der Waals surface area contributed by atoms with Gasteiger partial charge in [0.15, 0.2) is 6.61 Å². The van der Waals surface area contributed by atoms with Crippen LogP contribution in [-0.2, 0) is 20.1 Å².